The second-order valence-electron chi connectivity index (χ2n) is 6.91. The van der Waals surface area contributed by atoms with Crippen LogP contribution in [-0.2, 0) is 4.79 Å². The zero-order chi connectivity index (χ0) is 18.0. The fourth-order valence-electron chi connectivity index (χ4n) is 3.12. The van der Waals surface area contributed by atoms with Crippen LogP contribution in [0.25, 0.3) is 5.69 Å². The summed E-state index contributed by atoms with van der Waals surface area (Å²) >= 11 is 0. The second kappa shape index (κ2) is 6.66. The van der Waals surface area contributed by atoms with Gasteiger partial charge in [-0.15, -0.1) is 5.10 Å². The van der Waals surface area contributed by atoms with E-state index in [1.807, 2.05) is 31.2 Å². The van der Waals surface area contributed by atoms with Gasteiger partial charge < -0.3 is 10.4 Å². The highest BCUT2D eigenvalue weighted by Gasteiger charge is 2.43. The number of benzene rings is 1. The summed E-state index contributed by atoms with van der Waals surface area (Å²) in [7, 11) is 0. The molecule has 1 aliphatic carbocycles. The number of hydrogen-bond acceptors (Lipinski definition) is 4. The molecule has 0 unspecified atom stereocenters. The van der Waals surface area contributed by atoms with Crippen LogP contribution in [0.5, 0.6) is 0 Å². The van der Waals surface area contributed by atoms with Crippen molar-refractivity contribution < 1.29 is 14.7 Å². The van der Waals surface area contributed by atoms with Crippen molar-refractivity contribution in [2.24, 2.45) is 5.92 Å². The van der Waals surface area contributed by atoms with Gasteiger partial charge in [-0.2, -0.15) is 0 Å². The molecule has 2 N–H and O–H groups in total. The van der Waals surface area contributed by atoms with Crippen LogP contribution < -0.4 is 5.32 Å². The molecular formula is C18H22N4O3. The summed E-state index contributed by atoms with van der Waals surface area (Å²) in [6.07, 6.45) is 3.94. The van der Waals surface area contributed by atoms with Gasteiger partial charge in [0.15, 0.2) is 5.69 Å². The molecule has 3 rings (SSSR count). The highest BCUT2D eigenvalue weighted by molar-refractivity contribution is 5.96. The Morgan fingerprint density at radius 2 is 1.88 bits per heavy atom. The van der Waals surface area contributed by atoms with Crippen LogP contribution in [-0.4, -0.2) is 37.5 Å². The Balaban J connectivity index is 1.77. The fourth-order valence-corrected chi connectivity index (χ4v) is 3.12. The normalized spacial score (nSPS) is 23.2. The Labute approximate surface area is 146 Å². The molecule has 1 aliphatic rings. The topological polar surface area (TPSA) is 97.1 Å². The van der Waals surface area contributed by atoms with Gasteiger partial charge in [-0.25, -0.2) is 9.48 Å². The van der Waals surface area contributed by atoms with Gasteiger partial charge in [-0.1, -0.05) is 29.8 Å². The Bertz CT molecular complexity index is 774. The van der Waals surface area contributed by atoms with Crippen LogP contribution in [0.3, 0.4) is 0 Å². The van der Waals surface area contributed by atoms with Crippen molar-refractivity contribution in [1.29, 1.82) is 0 Å². The predicted octanol–water partition coefficient (Wildman–Crippen LogP) is 2.34. The number of nitrogens with zero attached hydrogens (tertiary/aromatic N) is 3. The van der Waals surface area contributed by atoms with Crippen LogP contribution in [0, 0.1) is 12.8 Å². The molecule has 7 heteroatoms. The molecule has 1 saturated carbocycles. The van der Waals surface area contributed by atoms with Crippen molar-refractivity contribution in [3.63, 3.8) is 0 Å². The van der Waals surface area contributed by atoms with Crippen molar-refractivity contribution in [2.45, 2.75) is 45.1 Å². The summed E-state index contributed by atoms with van der Waals surface area (Å²) in [5.41, 5.74) is 0.810. The lowest BCUT2D eigenvalue weighted by atomic mass is 9.77. The van der Waals surface area contributed by atoms with Crippen molar-refractivity contribution in [1.82, 2.24) is 20.3 Å². The summed E-state index contributed by atoms with van der Waals surface area (Å²) in [6.45, 7) is 4.08. The van der Waals surface area contributed by atoms with Crippen LogP contribution in [0.2, 0.25) is 0 Å². The maximum atomic E-state index is 12.5. The van der Waals surface area contributed by atoms with E-state index in [1.165, 1.54) is 10.9 Å². The molecule has 25 heavy (non-hydrogen) atoms. The van der Waals surface area contributed by atoms with Crippen LogP contribution in [0.15, 0.2) is 30.5 Å². The average molecular weight is 342 g/mol. The van der Waals surface area contributed by atoms with E-state index in [9.17, 15) is 14.7 Å². The lowest BCUT2D eigenvalue weighted by molar-refractivity contribution is -0.146. The smallest absolute Gasteiger partial charge is 0.329 e. The average Bonchev–Trinajstić information content (AvgIpc) is 3.08. The number of rotatable bonds is 4. The molecule has 0 atom stereocenters. The minimum absolute atomic E-state index is 0.111. The number of aryl methyl sites for hydroxylation is 1. The maximum Gasteiger partial charge on any atom is 0.329 e. The molecule has 2 aromatic rings. The van der Waals surface area contributed by atoms with E-state index < -0.39 is 17.4 Å². The molecule has 1 amide bonds. The first-order chi connectivity index (χ1) is 11.9. The monoisotopic (exact) mass is 342 g/mol. The SMILES string of the molecule is Cc1ccc(-n2cc(C(=O)NC3(C(=O)O)CCC(C)CC3)nn2)cc1. The van der Waals surface area contributed by atoms with Gasteiger partial charge in [0, 0.05) is 0 Å². The molecule has 1 heterocycles. The number of nitrogens with one attached hydrogen (secondary N) is 1. The minimum Gasteiger partial charge on any atom is -0.480 e. The Kier molecular flexibility index (Phi) is 4.57. The van der Waals surface area contributed by atoms with E-state index in [0.717, 1.165) is 24.1 Å². The Hall–Kier alpha value is -2.70. The third kappa shape index (κ3) is 3.55. The van der Waals surface area contributed by atoms with E-state index in [-0.39, 0.29) is 5.69 Å². The van der Waals surface area contributed by atoms with Gasteiger partial charge in [0.05, 0.1) is 11.9 Å². The quantitative estimate of drug-likeness (QED) is 0.889. The van der Waals surface area contributed by atoms with Crippen LogP contribution >= 0.6 is 0 Å². The molecule has 132 valence electrons. The fraction of sp³-hybridized carbons (Fsp3) is 0.444. The predicted molar refractivity (Wildman–Crippen MR) is 91.6 cm³/mol. The molecule has 0 bridgehead atoms. The molecule has 1 fully saturated rings. The summed E-state index contributed by atoms with van der Waals surface area (Å²) < 4.78 is 1.50. The van der Waals surface area contributed by atoms with Crippen LogP contribution in [0.4, 0.5) is 0 Å². The molecule has 7 nitrogen and oxygen atoms in total. The zero-order valence-corrected chi connectivity index (χ0v) is 14.4. The summed E-state index contributed by atoms with van der Waals surface area (Å²) in [6, 6.07) is 7.65. The van der Waals surface area contributed by atoms with Gasteiger partial charge in [0.25, 0.3) is 5.91 Å². The molecule has 1 aromatic heterocycles. The molecule has 1 aromatic carbocycles. The molecule has 0 saturated heterocycles. The van der Waals surface area contributed by atoms with Crippen LogP contribution in [0.1, 0.15) is 48.7 Å². The zero-order valence-electron chi connectivity index (χ0n) is 14.4. The number of hydrogen-bond donors (Lipinski definition) is 2. The van der Waals surface area contributed by atoms with Gasteiger partial charge in [0.1, 0.15) is 5.54 Å². The van der Waals surface area contributed by atoms with Crippen molar-refractivity contribution in [3.05, 3.63) is 41.7 Å². The number of carbonyl (C=O) groups is 2. The maximum absolute atomic E-state index is 12.5. The number of aromatic nitrogens is 3. The number of amides is 1. The summed E-state index contributed by atoms with van der Waals surface area (Å²) in [4.78, 5) is 24.3. The molecule has 0 radical (unpaired) electrons. The summed E-state index contributed by atoms with van der Waals surface area (Å²) in [5, 5.41) is 20.2. The van der Waals surface area contributed by atoms with Gasteiger partial charge in [-0.3, -0.25) is 4.79 Å². The van der Waals surface area contributed by atoms with E-state index in [0.29, 0.717) is 18.8 Å². The van der Waals surface area contributed by atoms with Gasteiger partial charge in [-0.05, 0) is 50.7 Å². The molecule has 0 spiro atoms. The lowest BCUT2D eigenvalue weighted by Gasteiger charge is -2.36. The van der Waals surface area contributed by atoms with Gasteiger partial charge in [0.2, 0.25) is 0 Å². The molecule has 0 aliphatic heterocycles. The highest BCUT2D eigenvalue weighted by atomic mass is 16.4. The third-order valence-corrected chi connectivity index (χ3v) is 4.91. The number of carboxylic acids is 1. The Morgan fingerprint density at radius 3 is 2.48 bits per heavy atom. The first-order valence-corrected chi connectivity index (χ1v) is 8.45. The number of carbonyl (C=O) groups excluding carboxylic acids is 1. The first kappa shape index (κ1) is 17.1. The third-order valence-electron chi connectivity index (χ3n) is 4.91. The van der Waals surface area contributed by atoms with E-state index in [4.69, 9.17) is 0 Å². The van der Waals surface area contributed by atoms with Crippen molar-refractivity contribution >= 4 is 11.9 Å². The van der Waals surface area contributed by atoms with E-state index in [1.54, 1.807) is 0 Å². The first-order valence-electron chi connectivity index (χ1n) is 8.45. The largest absolute Gasteiger partial charge is 0.480 e. The minimum atomic E-state index is -1.21. The van der Waals surface area contributed by atoms with Crippen molar-refractivity contribution in [3.8, 4) is 5.69 Å². The van der Waals surface area contributed by atoms with E-state index in [2.05, 4.69) is 22.6 Å². The number of aliphatic carboxylic acids is 1. The number of carboxylic acid groups (broad SMARTS) is 1. The van der Waals surface area contributed by atoms with Gasteiger partial charge >= 0.3 is 5.97 Å². The molecular weight excluding hydrogens is 320 g/mol. The lowest BCUT2D eigenvalue weighted by Crippen LogP contribution is -2.56. The Morgan fingerprint density at radius 1 is 1.24 bits per heavy atom. The standard InChI is InChI=1S/C18H22N4O3/c1-12-3-5-14(6-4-12)22-11-15(20-21-22)16(23)19-18(17(24)25)9-7-13(2)8-10-18/h3-6,11,13H,7-10H2,1-2H3,(H,19,23)(H,24,25). The van der Waals surface area contributed by atoms with E-state index >= 15 is 0 Å². The summed E-state index contributed by atoms with van der Waals surface area (Å²) in [5.74, 6) is -1.01. The second-order valence-corrected chi connectivity index (χ2v) is 6.91. The highest BCUT2D eigenvalue weighted by Crippen LogP contribution is 2.32. The van der Waals surface area contributed by atoms with Crippen molar-refractivity contribution in [2.75, 3.05) is 0 Å².